The topological polar surface area (TPSA) is 67.3 Å². The smallest absolute Gasteiger partial charge is 0.170 e. The average molecular weight is 428 g/mol. The summed E-state index contributed by atoms with van der Waals surface area (Å²) < 4.78 is 15.9. The number of hydrogen-bond donors (Lipinski definition) is 1. The summed E-state index contributed by atoms with van der Waals surface area (Å²) in [6, 6.07) is 9.57. The number of fused-ring (bicyclic) bond motifs is 4. The molecule has 5 nitrogen and oxygen atoms in total. The van der Waals surface area contributed by atoms with Crippen LogP contribution in [0.2, 0.25) is 0 Å². The van der Waals surface area contributed by atoms with E-state index in [1.807, 2.05) is 36.5 Å². The third kappa shape index (κ3) is 3.20. The number of nitrogens with one attached hydrogen (secondary N) is 1. The first-order valence-corrected chi connectivity index (χ1v) is 11.6. The fraction of sp³-hybridized carbons (Fsp3) is 0.385. The first kappa shape index (κ1) is 19.5. The van der Waals surface area contributed by atoms with Gasteiger partial charge in [0.25, 0.3) is 0 Å². The Bertz CT molecular complexity index is 1260. The van der Waals surface area contributed by atoms with Gasteiger partial charge in [-0.15, -0.1) is 0 Å². The van der Waals surface area contributed by atoms with Crippen molar-refractivity contribution in [3.05, 3.63) is 60.6 Å². The van der Waals surface area contributed by atoms with E-state index in [4.69, 9.17) is 9.97 Å². The number of halogens is 1. The van der Waals surface area contributed by atoms with Crippen molar-refractivity contribution in [3.8, 4) is 22.6 Å². The Morgan fingerprint density at radius 3 is 2.59 bits per heavy atom. The maximum absolute atomic E-state index is 15.9. The largest absolute Gasteiger partial charge is 0.345 e. The Morgan fingerprint density at radius 2 is 1.81 bits per heavy atom. The summed E-state index contributed by atoms with van der Waals surface area (Å²) in [6.45, 7) is 2.36. The molecule has 3 fully saturated rings. The highest BCUT2D eigenvalue weighted by molar-refractivity contribution is 5.91. The van der Waals surface area contributed by atoms with Crippen LogP contribution in [0.25, 0.3) is 33.7 Å². The summed E-state index contributed by atoms with van der Waals surface area (Å²) in [5.41, 5.74) is 3.19. The lowest BCUT2D eigenvalue weighted by atomic mass is 9.58. The van der Waals surface area contributed by atoms with Crippen molar-refractivity contribution in [2.24, 2.45) is 23.7 Å². The average Bonchev–Trinajstić information content (AvgIpc) is 3.27. The lowest BCUT2D eigenvalue weighted by molar-refractivity contribution is 0.0334. The number of H-pyrrole nitrogens is 1. The summed E-state index contributed by atoms with van der Waals surface area (Å²) in [5, 5.41) is 0.842. The third-order valence-electron chi connectivity index (χ3n) is 7.83. The van der Waals surface area contributed by atoms with E-state index in [1.165, 1.54) is 32.0 Å². The second-order valence-corrected chi connectivity index (χ2v) is 9.41. The SMILES string of the molecule is CC1C2CCC(CC2)C1Cc1nc(-c2c[nH]c3ncncc23)nc(-c2ccccc2)c1F. The normalized spacial score (nSPS) is 24.8. The van der Waals surface area contributed by atoms with Gasteiger partial charge in [-0.1, -0.05) is 37.3 Å². The van der Waals surface area contributed by atoms with Gasteiger partial charge in [-0.3, -0.25) is 0 Å². The summed E-state index contributed by atoms with van der Waals surface area (Å²) in [7, 11) is 0. The Hall–Kier alpha value is -3.15. The van der Waals surface area contributed by atoms with E-state index in [-0.39, 0.29) is 5.82 Å². The van der Waals surface area contributed by atoms with Crippen molar-refractivity contribution in [3.63, 3.8) is 0 Å². The summed E-state index contributed by atoms with van der Waals surface area (Å²) in [6.07, 6.45) is 11.0. The molecule has 162 valence electrons. The van der Waals surface area contributed by atoms with Crippen molar-refractivity contribution in [1.82, 2.24) is 24.9 Å². The molecule has 1 N–H and O–H groups in total. The minimum absolute atomic E-state index is 0.287. The highest BCUT2D eigenvalue weighted by Gasteiger charge is 2.41. The monoisotopic (exact) mass is 427 g/mol. The molecule has 0 aliphatic heterocycles. The molecule has 0 amide bonds. The Labute approximate surface area is 186 Å². The number of hydrogen-bond acceptors (Lipinski definition) is 4. The molecule has 3 saturated carbocycles. The van der Waals surface area contributed by atoms with Gasteiger partial charge in [0.1, 0.15) is 17.7 Å². The third-order valence-corrected chi connectivity index (χ3v) is 7.83. The van der Waals surface area contributed by atoms with Gasteiger partial charge in [0, 0.05) is 28.9 Å². The van der Waals surface area contributed by atoms with Crippen molar-refractivity contribution < 1.29 is 4.39 Å². The molecule has 2 atom stereocenters. The van der Waals surface area contributed by atoms with Crippen LogP contribution in [-0.4, -0.2) is 24.9 Å². The van der Waals surface area contributed by atoms with Crippen LogP contribution in [0.3, 0.4) is 0 Å². The van der Waals surface area contributed by atoms with Crippen LogP contribution in [0.5, 0.6) is 0 Å². The molecular formula is C26H26FN5. The lowest BCUT2D eigenvalue weighted by Crippen LogP contribution is -2.39. The summed E-state index contributed by atoms with van der Waals surface area (Å²) in [5.74, 6) is 2.78. The number of aromatic nitrogens is 5. The van der Waals surface area contributed by atoms with Crippen molar-refractivity contribution in [1.29, 1.82) is 0 Å². The van der Waals surface area contributed by atoms with Gasteiger partial charge in [0.05, 0.1) is 5.69 Å². The molecule has 0 radical (unpaired) electrons. The van der Waals surface area contributed by atoms with E-state index in [1.54, 1.807) is 6.20 Å². The molecular weight excluding hydrogens is 401 g/mol. The van der Waals surface area contributed by atoms with E-state index in [9.17, 15) is 0 Å². The van der Waals surface area contributed by atoms with Crippen LogP contribution in [0.15, 0.2) is 49.1 Å². The molecule has 1 aromatic carbocycles. The van der Waals surface area contributed by atoms with Crippen LogP contribution in [0, 0.1) is 29.5 Å². The molecule has 3 heterocycles. The quantitative estimate of drug-likeness (QED) is 0.445. The van der Waals surface area contributed by atoms with Gasteiger partial charge in [-0.05, 0) is 55.8 Å². The maximum atomic E-state index is 15.9. The van der Waals surface area contributed by atoms with Gasteiger partial charge in [0.2, 0.25) is 0 Å². The second kappa shape index (κ2) is 7.76. The molecule has 0 spiro atoms. The summed E-state index contributed by atoms with van der Waals surface area (Å²) >= 11 is 0. The molecule has 3 aliphatic rings. The number of nitrogens with zero attached hydrogens (tertiary/aromatic N) is 4. The molecule has 6 heteroatoms. The Balaban J connectivity index is 1.49. The molecule has 0 saturated heterocycles. The molecule has 4 aromatic rings. The zero-order valence-corrected chi connectivity index (χ0v) is 18.1. The molecule has 7 rings (SSSR count). The zero-order chi connectivity index (χ0) is 21.7. The molecule has 3 aliphatic carbocycles. The predicted octanol–water partition coefficient (Wildman–Crippen LogP) is 5.84. The van der Waals surface area contributed by atoms with Gasteiger partial charge in [-0.2, -0.15) is 0 Å². The van der Waals surface area contributed by atoms with Gasteiger partial charge in [-0.25, -0.2) is 24.3 Å². The number of benzene rings is 1. The highest BCUT2D eigenvalue weighted by Crippen LogP contribution is 2.50. The fourth-order valence-corrected chi connectivity index (χ4v) is 6.04. The van der Waals surface area contributed by atoms with E-state index in [0.29, 0.717) is 41.4 Å². The van der Waals surface area contributed by atoms with E-state index in [2.05, 4.69) is 21.9 Å². The first-order valence-electron chi connectivity index (χ1n) is 11.6. The van der Waals surface area contributed by atoms with Gasteiger partial charge in [0.15, 0.2) is 11.6 Å². The first-order chi connectivity index (χ1) is 15.7. The molecule has 2 bridgehead atoms. The second-order valence-electron chi connectivity index (χ2n) is 9.41. The van der Waals surface area contributed by atoms with E-state index >= 15 is 4.39 Å². The van der Waals surface area contributed by atoms with E-state index in [0.717, 1.165) is 28.1 Å². The van der Waals surface area contributed by atoms with Crippen molar-refractivity contribution in [2.45, 2.75) is 39.0 Å². The van der Waals surface area contributed by atoms with Crippen LogP contribution < -0.4 is 0 Å². The standard InChI is InChI=1S/C26H26FN5/c1-15-16-7-9-17(10-8-16)19(15)11-22-23(27)24(18-5-3-2-4-6-18)32-26(31-22)21-13-29-25-20(21)12-28-14-30-25/h2-6,12-17,19H,7-11H2,1H3,(H,28,29,30). The van der Waals surface area contributed by atoms with Crippen molar-refractivity contribution >= 4 is 11.0 Å². The summed E-state index contributed by atoms with van der Waals surface area (Å²) in [4.78, 5) is 21.1. The minimum atomic E-state index is -0.287. The van der Waals surface area contributed by atoms with Gasteiger partial charge < -0.3 is 4.98 Å². The van der Waals surface area contributed by atoms with Crippen molar-refractivity contribution in [2.75, 3.05) is 0 Å². The molecule has 32 heavy (non-hydrogen) atoms. The lowest BCUT2D eigenvalue weighted by Gasteiger charge is -2.47. The maximum Gasteiger partial charge on any atom is 0.170 e. The molecule has 2 unspecified atom stereocenters. The number of aromatic amines is 1. The van der Waals surface area contributed by atoms with Crippen LogP contribution >= 0.6 is 0 Å². The van der Waals surface area contributed by atoms with E-state index < -0.39 is 0 Å². The Kier molecular flexibility index (Phi) is 4.74. The molecule has 3 aromatic heterocycles. The minimum Gasteiger partial charge on any atom is -0.345 e. The fourth-order valence-electron chi connectivity index (χ4n) is 6.04. The Morgan fingerprint density at radius 1 is 1.03 bits per heavy atom. The van der Waals surface area contributed by atoms with Crippen LogP contribution in [0.1, 0.15) is 38.3 Å². The number of rotatable bonds is 4. The highest BCUT2D eigenvalue weighted by atomic mass is 19.1. The van der Waals surface area contributed by atoms with Gasteiger partial charge >= 0.3 is 0 Å². The predicted molar refractivity (Wildman–Crippen MR) is 122 cm³/mol. The zero-order valence-electron chi connectivity index (χ0n) is 18.1. The van der Waals surface area contributed by atoms with Crippen LogP contribution in [-0.2, 0) is 6.42 Å². The van der Waals surface area contributed by atoms with Crippen LogP contribution in [0.4, 0.5) is 4.39 Å².